The zero-order valence-corrected chi connectivity index (χ0v) is 19.0. The molecule has 1 aliphatic heterocycles. The summed E-state index contributed by atoms with van der Waals surface area (Å²) in [5.41, 5.74) is 1.81. The van der Waals surface area contributed by atoms with Gasteiger partial charge >= 0.3 is 0 Å². The third-order valence-electron chi connectivity index (χ3n) is 5.15. The summed E-state index contributed by atoms with van der Waals surface area (Å²) in [6.07, 6.45) is 0. The van der Waals surface area contributed by atoms with Crippen molar-refractivity contribution in [3.8, 4) is 0 Å². The predicted octanol–water partition coefficient (Wildman–Crippen LogP) is 3.72. The smallest absolute Gasteiger partial charge is 0.270 e. The molecular weight excluding hydrogens is 441 g/mol. The Bertz CT molecular complexity index is 1120. The van der Waals surface area contributed by atoms with Gasteiger partial charge in [0.2, 0.25) is 0 Å². The molecule has 0 unspecified atom stereocenters. The highest BCUT2D eigenvalue weighted by molar-refractivity contribution is 7.92. The van der Waals surface area contributed by atoms with Gasteiger partial charge in [0.1, 0.15) is 11.5 Å². The largest absolute Gasteiger partial charge is 0.379 e. The van der Waals surface area contributed by atoms with Crippen molar-refractivity contribution in [2.45, 2.75) is 31.8 Å². The van der Waals surface area contributed by atoms with Crippen LogP contribution in [0.2, 0.25) is 0 Å². The van der Waals surface area contributed by atoms with Crippen LogP contribution in [0, 0.1) is 19.7 Å². The summed E-state index contributed by atoms with van der Waals surface area (Å²) in [5.74, 6) is -0.203. The molecular formula is C21H24FN3O4S2. The topological polar surface area (TPSA) is 75.9 Å². The van der Waals surface area contributed by atoms with Gasteiger partial charge in [-0.3, -0.25) is 9.21 Å². The summed E-state index contributed by atoms with van der Waals surface area (Å²) in [5, 5.41) is 5.85. The fourth-order valence-electron chi connectivity index (χ4n) is 3.63. The van der Waals surface area contributed by atoms with E-state index in [1.165, 1.54) is 39.9 Å². The highest BCUT2D eigenvalue weighted by Crippen LogP contribution is 2.31. The Kier molecular flexibility index (Phi) is 6.42. The fourth-order valence-corrected chi connectivity index (χ4v) is 6.32. The van der Waals surface area contributed by atoms with Gasteiger partial charge in [-0.2, -0.15) is 0 Å². The number of nitrogens with zero attached hydrogens (tertiary/aromatic N) is 3. The van der Waals surface area contributed by atoms with Gasteiger partial charge in [0.15, 0.2) is 10.7 Å². The molecule has 0 spiro atoms. The van der Waals surface area contributed by atoms with Crippen LogP contribution in [0.4, 0.5) is 10.1 Å². The molecule has 1 saturated heterocycles. The van der Waals surface area contributed by atoms with Gasteiger partial charge in [-0.25, -0.2) is 12.8 Å². The molecule has 1 fully saturated rings. The third-order valence-corrected chi connectivity index (χ3v) is 8.14. The number of ether oxygens (including phenoxy) is 1. The number of halogens is 1. The summed E-state index contributed by atoms with van der Waals surface area (Å²) in [7, 11) is -3.97. The molecule has 31 heavy (non-hydrogen) atoms. The summed E-state index contributed by atoms with van der Waals surface area (Å²) in [6, 6.07) is 7.47. The number of aromatic nitrogens is 1. The van der Waals surface area contributed by atoms with Gasteiger partial charge in [0, 0.05) is 24.5 Å². The minimum Gasteiger partial charge on any atom is -0.379 e. The Labute approximate surface area is 185 Å². The number of sulfonamides is 1. The van der Waals surface area contributed by atoms with E-state index in [-0.39, 0.29) is 17.2 Å². The molecule has 1 aromatic carbocycles. The van der Waals surface area contributed by atoms with E-state index in [1.807, 2.05) is 6.07 Å². The van der Waals surface area contributed by atoms with Crippen molar-refractivity contribution < 1.29 is 22.1 Å². The first kappa shape index (κ1) is 21.9. The molecule has 0 saturated carbocycles. The first-order valence-electron chi connectivity index (χ1n) is 9.92. The second kappa shape index (κ2) is 9.07. The number of hydrogen-bond donors (Lipinski definition) is 0. The maximum Gasteiger partial charge on any atom is 0.270 e. The van der Waals surface area contributed by atoms with Crippen molar-refractivity contribution in [1.29, 1.82) is 0 Å². The number of hydrogen-bond acceptors (Lipinski definition) is 7. The third kappa shape index (κ3) is 4.82. The molecule has 0 atom stereocenters. The lowest BCUT2D eigenvalue weighted by Gasteiger charge is -2.26. The number of morpholine rings is 1. The van der Waals surface area contributed by atoms with Crippen molar-refractivity contribution >= 4 is 27.0 Å². The van der Waals surface area contributed by atoms with Gasteiger partial charge in [-0.05, 0) is 55.1 Å². The molecule has 0 radical (unpaired) electrons. The van der Waals surface area contributed by atoms with Crippen LogP contribution in [0.5, 0.6) is 0 Å². The number of anilines is 1. The fraction of sp³-hybridized carbons (Fsp3) is 0.381. The summed E-state index contributed by atoms with van der Waals surface area (Å²) in [6.45, 7) is 7.31. The lowest BCUT2D eigenvalue weighted by atomic mass is 10.2. The van der Waals surface area contributed by atoms with Crippen LogP contribution >= 0.6 is 11.3 Å². The average Bonchev–Trinajstić information content (AvgIpc) is 3.33. The van der Waals surface area contributed by atoms with Crippen molar-refractivity contribution in [2.24, 2.45) is 0 Å². The Balaban J connectivity index is 1.63. The van der Waals surface area contributed by atoms with E-state index in [1.54, 1.807) is 13.8 Å². The molecule has 3 aromatic rings. The molecule has 7 nitrogen and oxygen atoms in total. The van der Waals surface area contributed by atoms with E-state index >= 15 is 0 Å². The number of benzene rings is 1. The molecule has 2 aromatic heterocycles. The first-order chi connectivity index (χ1) is 14.8. The molecule has 166 valence electrons. The lowest BCUT2D eigenvalue weighted by molar-refractivity contribution is 0.0342. The Morgan fingerprint density at radius 1 is 1.19 bits per heavy atom. The van der Waals surface area contributed by atoms with Crippen LogP contribution < -0.4 is 4.31 Å². The Hall–Kier alpha value is -2.27. The molecule has 0 aliphatic carbocycles. The van der Waals surface area contributed by atoms with Crippen molar-refractivity contribution in [2.75, 3.05) is 30.6 Å². The maximum atomic E-state index is 13.6. The zero-order chi connectivity index (χ0) is 22.0. The van der Waals surface area contributed by atoms with E-state index in [9.17, 15) is 12.8 Å². The van der Waals surface area contributed by atoms with Crippen LogP contribution in [-0.4, -0.2) is 44.8 Å². The molecule has 0 amide bonds. The molecule has 4 rings (SSSR count). The standard InChI is InChI=1S/C21H24FN3O4S2/c1-15-21(16(2)29-23-15)31(26,27)25(19-5-3-18(22)4-6-19)13-20-11-17(14-30-20)12-24-7-9-28-10-8-24/h3-6,11,14H,7-10,12-13H2,1-2H3. The van der Waals surface area contributed by atoms with E-state index in [0.717, 1.165) is 43.3 Å². The maximum absolute atomic E-state index is 13.6. The normalized spacial score (nSPS) is 15.3. The Morgan fingerprint density at radius 3 is 2.55 bits per heavy atom. The monoisotopic (exact) mass is 465 g/mol. The molecule has 0 N–H and O–H groups in total. The van der Waals surface area contributed by atoms with Crippen molar-refractivity contribution in [3.05, 3.63) is 63.4 Å². The van der Waals surface area contributed by atoms with Gasteiger partial charge in [0.25, 0.3) is 10.0 Å². The van der Waals surface area contributed by atoms with Gasteiger partial charge in [0.05, 0.1) is 25.4 Å². The van der Waals surface area contributed by atoms with Gasteiger partial charge in [-0.15, -0.1) is 11.3 Å². The van der Waals surface area contributed by atoms with Crippen LogP contribution in [0.1, 0.15) is 21.9 Å². The summed E-state index contributed by atoms with van der Waals surface area (Å²) >= 11 is 1.51. The van der Waals surface area contributed by atoms with E-state index < -0.39 is 15.8 Å². The van der Waals surface area contributed by atoms with Crippen LogP contribution in [0.25, 0.3) is 0 Å². The minimum atomic E-state index is -3.97. The van der Waals surface area contributed by atoms with Gasteiger partial charge in [-0.1, -0.05) is 5.16 Å². The van der Waals surface area contributed by atoms with Crippen LogP contribution in [0.15, 0.2) is 45.1 Å². The van der Waals surface area contributed by atoms with E-state index in [4.69, 9.17) is 9.26 Å². The average molecular weight is 466 g/mol. The summed E-state index contributed by atoms with van der Waals surface area (Å²) < 4.78 is 52.4. The Morgan fingerprint density at radius 2 is 1.90 bits per heavy atom. The highest BCUT2D eigenvalue weighted by atomic mass is 32.2. The van der Waals surface area contributed by atoms with Crippen molar-refractivity contribution in [1.82, 2.24) is 10.1 Å². The second-order valence-electron chi connectivity index (χ2n) is 7.45. The highest BCUT2D eigenvalue weighted by Gasteiger charge is 2.32. The number of thiophene rings is 1. The quantitative estimate of drug-likeness (QED) is 0.529. The van der Waals surface area contributed by atoms with Crippen molar-refractivity contribution in [3.63, 3.8) is 0 Å². The molecule has 10 heteroatoms. The zero-order valence-electron chi connectivity index (χ0n) is 17.4. The SMILES string of the molecule is Cc1noc(C)c1S(=O)(=O)N(Cc1cc(CN2CCOCC2)cs1)c1ccc(F)cc1. The molecule has 3 heterocycles. The second-order valence-corrected chi connectivity index (χ2v) is 10.2. The van der Waals surface area contributed by atoms with Crippen LogP contribution in [-0.2, 0) is 27.8 Å². The number of aryl methyl sites for hydroxylation is 2. The number of rotatable bonds is 7. The van der Waals surface area contributed by atoms with E-state index in [0.29, 0.717) is 11.4 Å². The predicted molar refractivity (Wildman–Crippen MR) is 116 cm³/mol. The first-order valence-corrected chi connectivity index (χ1v) is 12.2. The van der Waals surface area contributed by atoms with Gasteiger partial charge < -0.3 is 9.26 Å². The molecule has 1 aliphatic rings. The van der Waals surface area contributed by atoms with E-state index in [2.05, 4.69) is 15.4 Å². The molecule has 0 bridgehead atoms. The minimum absolute atomic E-state index is 0.0434. The van der Waals surface area contributed by atoms with Crippen LogP contribution in [0.3, 0.4) is 0 Å². The summed E-state index contributed by atoms with van der Waals surface area (Å²) in [4.78, 5) is 3.25. The lowest BCUT2D eigenvalue weighted by Crippen LogP contribution is -2.35.